The van der Waals surface area contributed by atoms with Crippen molar-refractivity contribution in [3.05, 3.63) is 35.8 Å². The zero-order chi connectivity index (χ0) is 11.4. The molecule has 0 spiro atoms. The third kappa shape index (κ3) is 2.41. The number of hydrogen-bond acceptors (Lipinski definition) is 2. The van der Waals surface area contributed by atoms with E-state index in [1.807, 2.05) is 0 Å². The van der Waals surface area contributed by atoms with Crippen LogP contribution in [0.4, 0.5) is 4.39 Å². The van der Waals surface area contributed by atoms with Gasteiger partial charge < -0.3 is 9.52 Å². The van der Waals surface area contributed by atoms with Crippen LogP contribution in [0.1, 0.15) is 18.6 Å². The first-order valence-corrected chi connectivity index (χ1v) is 5.08. The average Bonchev–Trinajstić information content (AvgIpc) is 2.66. The summed E-state index contributed by atoms with van der Waals surface area (Å²) in [7, 11) is 0. The number of furan rings is 1. The summed E-state index contributed by atoms with van der Waals surface area (Å²) in [6, 6.07) is 6.07. The number of aliphatic hydroxyl groups is 1. The van der Waals surface area contributed by atoms with Crippen molar-refractivity contribution in [1.82, 2.24) is 0 Å². The van der Waals surface area contributed by atoms with E-state index in [4.69, 9.17) is 9.52 Å². The van der Waals surface area contributed by atoms with Gasteiger partial charge in [-0.3, -0.25) is 0 Å². The fourth-order valence-corrected chi connectivity index (χ4v) is 1.39. The van der Waals surface area contributed by atoms with Gasteiger partial charge in [0.05, 0.1) is 0 Å². The zero-order valence-corrected chi connectivity index (χ0v) is 8.66. The summed E-state index contributed by atoms with van der Waals surface area (Å²) in [5.74, 6) is 5.96. The van der Waals surface area contributed by atoms with Crippen molar-refractivity contribution in [2.45, 2.75) is 12.8 Å². The lowest BCUT2D eigenvalue weighted by Gasteiger charge is -1.86. The molecule has 0 aliphatic rings. The number of fused-ring (bicyclic) bond motifs is 1. The molecule has 1 aromatic heterocycles. The highest BCUT2D eigenvalue weighted by Crippen LogP contribution is 2.19. The number of halogens is 1. The van der Waals surface area contributed by atoms with Gasteiger partial charge in [0.2, 0.25) is 0 Å². The van der Waals surface area contributed by atoms with Gasteiger partial charge in [-0.05, 0) is 30.5 Å². The van der Waals surface area contributed by atoms with E-state index in [0.29, 0.717) is 29.6 Å². The molecule has 0 aliphatic heterocycles. The lowest BCUT2D eigenvalue weighted by molar-refractivity contribution is 0.290. The molecule has 0 saturated heterocycles. The molecule has 1 heterocycles. The maximum absolute atomic E-state index is 12.9. The Morgan fingerprint density at radius 3 is 3.00 bits per heavy atom. The smallest absolute Gasteiger partial charge is 0.178 e. The molecule has 2 rings (SSSR count). The number of aliphatic hydroxyl groups excluding tert-OH is 1. The normalized spacial score (nSPS) is 10.1. The third-order valence-electron chi connectivity index (χ3n) is 2.15. The van der Waals surface area contributed by atoms with Gasteiger partial charge in [-0.1, -0.05) is 5.92 Å². The minimum atomic E-state index is -0.284. The van der Waals surface area contributed by atoms with Crippen molar-refractivity contribution in [2.75, 3.05) is 6.61 Å². The van der Waals surface area contributed by atoms with Gasteiger partial charge in [0, 0.05) is 24.5 Å². The Bertz CT molecular complexity index is 546. The maximum Gasteiger partial charge on any atom is 0.178 e. The summed E-state index contributed by atoms with van der Waals surface area (Å²) in [5.41, 5.74) is 0.632. The van der Waals surface area contributed by atoms with Crippen LogP contribution in [0.2, 0.25) is 0 Å². The van der Waals surface area contributed by atoms with Crippen molar-refractivity contribution < 1.29 is 13.9 Å². The molecule has 82 valence electrons. The molecule has 0 bridgehead atoms. The summed E-state index contributed by atoms with van der Waals surface area (Å²) in [6.07, 6.45) is 1.28. The number of benzene rings is 1. The van der Waals surface area contributed by atoms with E-state index in [9.17, 15) is 4.39 Å². The molecule has 0 unspecified atom stereocenters. The Morgan fingerprint density at radius 2 is 2.19 bits per heavy atom. The highest BCUT2D eigenvalue weighted by Gasteiger charge is 2.01. The third-order valence-corrected chi connectivity index (χ3v) is 2.15. The van der Waals surface area contributed by atoms with Crippen LogP contribution in [-0.4, -0.2) is 11.7 Å². The van der Waals surface area contributed by atoms with Crippen molar-refractivity contribution in [1.29, 1.82) is 0 Å². The van der Waals surface area contributed by atoms with Crippen LogP contribution < -0.4 is 0 Å². The molecule has 16 heavy (non-hydrogen) atoms. The van der Waals surface area contributed by atoms with E-state index in [-0.39, 0.29) is 12.4 Å². The van der Waals surface area contributed by atoms with E-state index in [1.54, 1.807) is 12.1 Å². The molecule has 0 amide bonds. The highest BCUT2D eigenvalue weighted by molar-refractivity contribution is 5.78. The molecule has 0 aliphatic carbocycles. The lowest BCUT2D eigenvalue weighted by atomic mass is 10.2. The zero-order valence-electron chi connectivity index (χ0n) is 8.66. The van der Waals surface area contributed by atoms with E-state index in [1.165, 1.54) is 12.1 Å². The molecular formula is C13H11FO2. The van der Waals surface area contributed by atoms with Crippen LogP contribution in [0.5, 0.6) is 0 Å². The summed E-state index contributed by atoms with van der Waals surface area (Å²) < 4.78 is 18.3. The van der Waals surface area contributed by atoms with Gasteiger partial charge in [-0.2, -0.15) is 0 Å². The molecule has 3 heteroatoms. The van der Waals surface area contributed by atoms with Crippen molar-refractivity contribution in [2.24, 2.45) is 0 Å². The van der Waals surface area contributed by atoms with Gasteiger partial charge in [0.15, 0.2) is 5.76 Å². The second-order valence-electron chi connectivity index (χ2n) is 3.42. The first kappa shape index (κ1) is 10.7. The summed E-state index contributed by atoms with van der Waals surface area (Å²) in [6.45, 7) is 0.139. The van der Waals surface area contributed by atoms with Crippen molar-refractivity contribution in [3.8, 4) is 11.8 Å². The molecule has 0 fully saturated rings. The quantitative estimate of drug-likeness (QED) is 0.621. The molecule has 0 saturated carbocycles. The van der Waals surface area contributed by atoms with Gasteiger partial charge in [0.25, 0.3) is 0 Å². The second-order valence-corrected chi connectivity index (χ2v) is 3.42. The van der Waals surface area contributed by atoms with Crippen LogP contribution in [0.3, 0.4) is 0 Å². The minimum Gasteiger partial charge on any atom is -0.448 e. The fourth-order valence-electron chi connectivity index (χ4n) is 1.39. The molecule has 0 atom stereocenters. The van der Waals surface area contributed by atoms with E-state index >= 15 is 0 Å². The molecule has 1 N–H and O–H groups in total. The van der Waals surface area contributed by atoms with E-state index in [0.717, 1.165) is 0 Å². The Labute approximate surface area is 92.7 Å². The van der Waals surface area contributed by atoms with Crippen LogP contribution in [0, 0.1) is 17.7 Å². The first-order valence-electron chi connectivity index (χ1n) is 5.08. The predicted molar refractivity (Wildman–Crippen MR) is 59.4 cm³/mol. The van der Waals surface area contributed by atoms with E-state index < -0.39 is 0 Å². The Hall–Kier alpha value is -1.79. The van der Waals surface area contributed by atoms with Crippen LogP contribution >= 0.6 is 0 Å². The first-order chi connectivity index (χ1) is 7.79. The molecule has 2 aromatic rings. The maximum atomic E-state index is 12.9. The highest BCUT2D eigenvalue weighted by atomic mass is 19.1. The molecule has 1 aromatic carbocycles. The van der Waals surface area contributed by atoms with Gasteiger partial charge >= 0.3 is 0 Å². The monoisotopic (exact) mass is 218 g/mol. The van der Waals surface area contributed by atoms with Gasteiger partial charge in [-0.15, -0.1) is 0 Å². The number of hydrogen-bond donors (Lipinski definition) is 1. The SMILES string of the molecule is OCCCC#Cc1cc2cc(F)ccc2o1. The minimum absolute atomic E-state index is 0.139. The Balaban J connectivity index is 2.21. The second kappa shape index (κ2) is 4.82. The molecule has 0 radical (unpaired) electrons. The summed E-state index contributed by atoms with van der Waals surface area (Å²) in [4.78, 5) is 0. The predicted octanol–water partition coefficient (Wildman–Crippen LogP) is 2.70. The molecular weight excluding hydrogens is 207 g/mol. The van der Waals surface area contributed by atoms with E-state index in [2.05, 4.69) is 11.8 Å². The van der Waals surface area contributed by atoms with Crippen LogP contribution in [0.15, 0.2) is 28.7 Å². The molecule has 2 nitrogen and oxygen atoms in total. The largest absolute Gasteiger partial charge is 0.448 e. The van der Waals surface area contributed by atoms with Gasteiger partial charge in [-0.25, -0.2) is 4.39 Å². The fraction of sp³-hybridized carbons (Fsp3) is 0.231. The summed E-state index contributed by atoms with van der Waals surface area (Å²) >= 11 is 0. The standard InChI is InChI=1S/C13H11FO2/c14-11-5-6-13-10(8-11)9-12(16-13)4-2-1-3-7-15/h5-6,8-9,15H,1,3,7H2. The van der Waals surface area contributed by atoms with Crippen LogP contribution in [0.25, 0.3) is 11.0 Å². The summed E-state index contributed by atoms with van der Waals surface area (Å²) in [5, 5.41) is 9.29. The Kier molecular flexibility index (Phi) is 3.23. The number of unbranched alkanes of at least 4 members (excludes halogenated alkanes) is 1. The topological polar surface area (TPSA) is 33.4 Å². The van der Waals surface area contributed by atoms with Crippen molar-refractivity contribution in [3.63, 3.8) is 0 Å². The van der Waals surface area contributed by atoms with Gasteiger partial charge in [0.1, 0.15) is 11.4 Å². The lowest BCUT2D eigenvalue weighted by Crippen LogP contribution is -1.78. The number of rotatable bonds is 2. The average molecular weight is 218 g/mol. The Morgan fingerprint density at radius 1 is 1.31 bits per heavy atom. The van der Waals surface area contributed by atoms with Crippen molar-refractivity contribution >= 4 is 11.0 Å². The van der Waals surface area contributed by atoms with Crippen LogP contribution in [-0.2, 0) is 0 Å².